The minimum atomic E-state index is -3.50. The summed E-state index contributed by atoms with van der Waals surface area (Å²) in [6.07, 6.45) is 1.73. The van der Waals surface area contributed by atoms with E-state index in [-0.39, 0.29) is 6.54 Å². The molecule has 0 aliphatic rings. The number of rotatable bonds is 5. The summed E-state index contributed by atoms with van der Waals surface area (Å²) in [5.41, 5.74) is 5.53. The van der Waals surface area contributed by atoms with Crippen molar-refractivity contribution in [1.29, 1.82) is 0 Å². The van der Waals surface area contributed by atoms with Crippen LogP contribution in [0.4, 0.5) is 0 Å². The summed E-state index contributed by atoms with van der Waals surface area (Å²) < 4.78 is 27.0. The highest BCUT2D eigenvalue weighted by Gasteiger charge is 2.19. The summed E-state index contributed by atoms with van der Waals surface area (Å²) in [7, 11) is -3.50. The smallest absolute Gasteiger partial charge is 0.242 e. The van der Waals surface area contributed by atoms with Gasteiger partial charge in [0, 0.05) is 27.4 Å². The first-order valence-electron chi connectivity index (χ1n) is 5.62. The van der Waals surface area contributed by atoms with Crippen LogP contribution in [0, 0.1) is 13.8 Å². The van der Waals surface area contributed by atoms with Gasteiger partial charge in [0.1, 0.15) is 5.01 Å². The average Bonchev–Trinajstić information content (AvgIpc) is 2.93. The van der Waals surface area contributed by atoms with Crippen molar-refractivity contribution in [2.24, 2.45) is 5.73 Å². The molecule has 0 radical (unpaired) electrons. The van der Waals surface area contributed by atoms with E-state index in [1.54, 1.807) is 19.2 Å². The van der Waals surface area contributed by atoms with Crippen molar-refractivity contribution in [2.45, 2.75) is 31.8 Å². The van der Waals surface area contributed by atoms with E-state index in [9.17, 15) is 8.42 Å². The molecule has 0 saturated heterocycles. The molecule has 0 aliphatic carbocycles. The largest absolute Gasteiger partial charge is 0.326 e. The molecule has 3 N–H and O–H groups in total. The van der Waals surface area contributed by atoms with Gasteiger partial charge in [-0.05, 0) is 19.9 Å². The van der Waals surface area contributed by atoms with Crippen LogP contribution in [0.2, 0.25) is 0 Å². The molecule has 0 saturated carbocycles. The number of thiazole rings is 1. The van der Waals surface area contributed by atoms with Gasteiger partial charge in [-0.25, -0.2) is 18.1 Å². The van der Waals surface area contributed by atoms with Gasteiger partial charge in [0.25, 0.3) is 0 Å². The van der Waals surface area contributed by atoms with Crippen LogP contribution in [0.15, 0.2) is 17.2 Å². The highest BCUT2D eigenvalue weighted by atomic mass is 32.2. The number of aryl methyl sites for hydroxylation is 2. The number of nitrogens with one attached hydrogen (secondary N) is 1. The normalized spacial score (nSPS) is 11.9. The van der Waals surface area contributed by atoms with Gasteiger partial charge < -0.3 is 5.73 Å². The molecular weight excluding hydrogens is 302 g/mol. The van der Waals surface area contributed by atoms with E-state index in [0.29, 0.717) is 11.4 Å². The predicted molar refractivity (Wildman–Crippen MR) is 77.8 cm³/mol. The lowest BCUT2D eigenvalue weighted by Crippen LogP contribution is -2.23. The molecule has 19 heavy (non-hydrogen) atoms. The molecule has 8 heteroatoms. The Hall–Kier alpha value is -0.800. The van der Waals surface area contributed by atoms with Crippen molar-refractivity contribution in [2.75, 3.05) is 0 Å². The zero-order valence-electron chi connectivity index (χ0n) is 10.6. The van der Waals surface area contributed by atoms with Gasteiger partial charge in [-0.1, -0.05) is 0 Å². The Balaban J connectivity index is 2.15. The first-order valence-corrected chi connectivity index (χ1v) is 8.74. The monoisotopic (exact) mass is 317 g/mol. The topological polar surface area (TPSA) is 85.1 Å². The SMILES string of the molecule is Cc1cnc(CNS(=O)(=O)c2cc(CN)sc2C)s1. The Labute approximate surface area is 120 Å². The molecule has 0 spiro atoms. The van der Waals surface area contributed by atoms with Crippen LogP contribution in [0.25, 0.3) is 0 Å². The van der Waals surface area contributed by atoms with E-state index in [4.69, 9.17) is 5.73 Å². The molecule has 0 amide bonds. The lowest BCUT2D eigenvalue weighted by Gasteiger charge is -2.04. The van der Waals surface area contributed by atoms with Crippen LogP contribution < -0.4 is 10.5 Å². The van der Waals surface area contributed by atoms with Crippen LogP contribution in [-0.2, 0) is 23.1 Å². The molecular formula is C11H15N3O2S3. The Morgan fingerprint density at radius 1 is 1.37 bits per heavy atom. The van der Waals surface area contributed by atoms with Gasteiger partial charge in [0.05, 0.1) is 11.4 Å². The highest BCUT2D eigenvalue weighted by Crippen LogP contribution is 2.25. The third-order valence-corrected chi connectivity index (χ3v) is 6.14. The summed E-state index contributed by atoms with van der Waals surface area (Å²) in [5.74, 6) is 0. The first kappa shape index (κ1) is 14.6. The van der Waals surface area contributed by atoms with E-state index >= 15 is 0 Å². The summed E-state index contributed by atoms with van der Waals surface area (Å²) in [6, 6.07) is 1.63. The van der Waals surface area contributed by atoms with Gasteiger partial charge in [0.15, 0.2) is 0 Å². The minimum absolute atomic E-state index is 0.216. The fourth-order valence-electron chi connectivity index (χ4n) is 1.61. The van der Waals surface area contributed by atoms with E-state index in [0.717, 1.165) is 19.6 Å². The molecule has 5 nitrogen and oxygen atoms in total. The third-order valence-electron chi connectivity index (χ3n) is 2.50. The fourth-order valence-corrected chi connectivity index (χ4v) is 4.93. The maximum Gasteiger partial charge on any atom is 0.242 e. The van der Waals surface area contributed by atoms with E-state index in [1.807, 2.05) is 6.92 Å². The summed E-state index contributed by atoms with van der Waals surface area (Å²) in [6.45, 7) is 4.29. The van der Waals surface area contributed by atoms with Crippen molar-refractivity contribution in [1.82, 2.24) is 9.71 Å². The molecule has 2 rings (SSSR count). The van der Waals surface area contributed by atoms with E-state index < -0.39 is 10.0 Å². The van der Waals surface area contributed by atoms with Gasteiger partial charge in [0.2, 0.25) is 10.0 Å². The maximum absolute atomic E-state index is 12.2. The second-order valence-corrected chi connectivity index (χ2v) is 8.42. The molecule has 0 unspecified atom stereocenters. The van der Waals surface area contributed by atoms with Gasteiger partial charge >= 0.3 is 0 Å². The summed E-state index contributed by atoms with van der Waals surface area (Å²) in [4.78, 5) is 7.12. The number of hydrogen-bond acceptors (Lipinski definition) is 6. The Kier molecular flexibility index (Phi) is 4.36. The van der Waals surface area contributed by atoms with Gasteiger partial charge in [-0.2, -0.15) is 0 Å². The van der Waals surface area contributed by atoms with Crippen molar-refractivity contribution in [3.05, 3.63) is 31.9 Å². The Morgan fingerprint density at radius 3 is 2.63 bits per heavy atom. The number of aromatic nitrogens is 1. The van der Waals surface area contributed by atoms with Gasteiger partial charge in [-0.15, -0.1) is 22.7 Å². The fraction of sp³-hybridized carbons (Fsp3) is 0.364. The lowest BCUT2D eigenvalue weighted by molar-refractivity contribution is 0.581. The molecule has 0 bridgehead atoms. The molecule has 0 fully saturated rings. The zero-order valence-corrected chi connectivity index (χ0v) is 13.1. The average molecular weight is 317 g/mol. The molecule has 104 valence electrons. The second kappa shape index (κ2) is 5.68. The van der Waals surface area contributed by atoms with Crippen LogP contribution in [0.5, 0.6) is 0 Å². The number of sulfonamides is 1. The van der Waals surface area contributed by atoms with Crippen molar-refractivity contribution < 1.29 is 8.42 Å². The third kappa shape index (κ3) is 3.40. The number of hydrogen-bond donors (Lipinski definition) is 2. The van der Waals surface area contributed by atoms with Crippen molar-refractivity contribution in [3.8, 4) is 0 Å². The number of nitrogens with zero attached hydrogens (tertiary/aromatic N) is 1. The molecule has 0 atom stereocenters. The second-order valence-electron chi connectivity index (χ2n) is 4.03. The number of nitrogens with two attached hydrogens (primary N) is 1. The lowest BCUT2D eigenvalue weighted by atomic mass is 10.4. The standard InChI is InChI=1S/C11H15N3O2S3/c1-7-5-13-11(17-7)6-14-19(15,16)10-3-9(4-12)18-8(10)2/h3,5,14H,4,6,12H2,1-2H3. The van der Waals surface area contributed by atoms with Crippen LogP contribution in [0.1, 0.15) is 19.6 Å². The predicted octanol–water partition coefficient (Wildman–Crippen LogP) is 1.76. The summed E-state index contributed by atoms with van der Waals surface area (Å²) >= 11 is 2.89. The minimum Gasteiger partial charge on any atom is -0.326 e. The zero-order chi connectivity index (χ0) is 14.0. The number of thiophene rings is 1. The van der Waals surface area contributed by atoms with Crippen LogP contribution in [-0.4, -0.2) is 13.4 Å². The molecule has 0 aliphatic heterocycles. The van der Waals surface area contributed by atoms with Crippen molar-refractivity contribution >= 4 is 32.7 Å². The maximum atomic E-state index is 12.2. The Bertz CT molecular complexity index is 673. The molecule has 2 heterocycles. The molecule has 2 aromatic rings. The molecule has 2 aromatic heterocycles. The van der Waals surface area contributed by atoms with Crippen LogP contribution >= 0.6 is 22.7 Å². The first-order chi connectivity index (χ1) is 8.92. The quantitative estimate of drug-likeness (QED) is 0.880. The van der Waals surface area contributed by atoms with E-state index in [1.165, 1.54) is 22.7 Å². The summed E-state index contributed by atoms with van der Waals surface area (Å²) in [5, 5.41) is 0.757. The molecule has 0 aromatic carbocycles. The Morgan fingerprint density at radius 2 is 2.11 bits per heavy atom. The van der Waals surface area contributed by atoms with Gasteiger partial charge in [-0.3, -0.25) is 0 Å². The van der Waals surface area contributed by atoms with E-state index in [2.05, 4.69) is 9.71 Å². The van der Waals surface area contributed by atoms with Crippen molar-refractivity contribution in [3.63, 3.8) is 0 Å². The van der Waals surface area contributed by atoms with Crippen LogP contribution in [0.3, 0.4) is 0 Å². The highest BCUT2D eigenvalue weighted by molar-refractivity contribution is 7.89.